The Morgan fingerprint density at radius 2 is 1.77 bits per heavy atom. The molecule has 1 heterocycles. The van der Waals surface area contributed by atoms with Gasteiger partial charge in [0, 0.05) is 37.4 Å². The van der Waals surface area contributed by atoms with E-state index in [-0.39, 0.29) is 23.5 Å². The standard InChI is InChI=1S/C26H32ClNO3/c1-18(2)14-26(30)28-13-12-25(20-6-10-24(31-3)11-7-20)21(17-28)16-23(29)15-19-4-8-22(27)9-5-19/h4-11,18,21,25H,12-17H2,1-3H3/t21-,25?/m1/s1. The van der Waals surface area contributed by atoms with Crippen molar-refractivity contribution in [3.05, 3.63) is 64.7 Å². The number of nitrogens with zero attached hydrogens (tertiary/aromatic N) is 1. The number of hydrogen-bond acceptors (Lipinski definition) is 3. The van der Waals surface area contributed by atoms with Crippen LogP contribution in [0, 0.1) is 11.8 Å². The first-order chi connectivity index (χ1) is 14.9. The third-order valence-corrected chi connectivity index (χ3v) is 6.27. The Morgan fingerprint density at radius 3 is 2.39 bits per heavy atom. The van der Waals surface area contributed by atoms with Gasteiger partial charge in [-0.15, -0.1) is 0 Å². The van der Waals surface area contributed by atoms with E-state index >= 15 is 0 Å². The Morgan fingerprint density at radius 1 is 1.10 bits per heavy atom. The van der Waals surface area contributed by atoms with E-state index in [4.69, 9.17) is 16.3 Å². The molecule has 166 valence electrons. The fraction of sp³-hybridized carbons (Fsp3) is 0.462. The molecule has 1 fully saturated rings. The van der Waals surface area contributed by atoms with Crippen molar-refractivity contribution < 1.29 is 14.3 Å². The van der Waals surface area contributed by atoms with Crippen LogP contribution in [0.3, 0.4) is 0 Å². The number of methoxy groups -OCH3 is 1. The molecule has 4 nitrogen and oxygen atoms in total. The minimum Gasteiger partial charge on any atom is -0.497 e. The van der Waals surface area contributed by atoms with Crippen LogP contribution in [0.2, 0.25) is 5.02 Å². The van der Waals surface area contributed by atoms with Crippen LogP contribution in [0.15, 0.2) is 48.5 Å². The van der Waals surface area contributed by atoms with E-state index in [0.717, 1.165) is 24.3 Å². The topological polar surface area (TPSA) is 46.6 Å². The quantitative estimate of drug-likeness (QED) is 0.541. The van der Waals surface area contributed by atoms with Gasteiger partial charge in [-0.05, 0) is 59.6 Å². The van der Waals surface area contributed by atoms with Gasteiger partial charge in [-0.3, -0.25) is 9.59 Å². The molecule has 2 atom stereocenters. The van der Waals surface area contributed by atoms with Gasteiger partial charge >= 0.3 is 0 Å². The summed E-state index contributed by atoms with van der Waals surface area (Å²) in [6, 6.07) is 15.6. The highest BCUT2D eigenvalue weighted by molar-refractivity contribution is 6.30. The van der Waals surface area contributed by atoms with Gasteiger partial charge in [-0.1, -0.05) is 49.7 Å². The van der Waals surface area contributed by atoms with Crippen LogP contribution in [-0.4, -0.2) is 36.8 Å². The Kier molecular flexibility index (Phi) is 8.14. The highest BCUT2D eigenvalue weighted by Crippen LogP contribution is 2.36. The lowest BCUT2D eigenvalue weighted by Gasteiger charge is -2.39. The van der Waals surface area contributed by atoms with E-state index in [1.54, 1.807) is 7.11 Å². The Balaban J connectivity index is 1.74. The van der Waals surface area contributed by atoms with Gasteiger partial charge in [-0.2, -0.15) is 0 Å². The van der Waals surface area contributed by atoms with Crippen LogP contribution in [0.4, 0.5) is 0 Å². The zero-order chi connectivity index (χ0) is 22.4. The molecule has 1 saturated heterocycles. The maximum atomic E-state index is 12.9. The summed E-state index contributed by atoms with van der Waals surface area (Å²) < 4.78 is 5.29. The van der Waals surface area contributed by atoms with E-state index < -0.39 is 0 Å². The van der Waals surface area contributed by atoms with Gasteiger partial charge in [-0.25, -0.2) is 0 Å². The number of benzene rings is 2. The minimum absolute atomic E-state index is 0.109. The number of amides is 1. The van der Waals surface area contributed by atoms with Crippen molar-refractivity contribution in [1.29, 1.82) is 0 Å². The SMILES string of the molecule is COc1ccc(C2CCN(C(=O)CC(C)C)C[C@H]2CC(=O)Cc2ccc(Cl)cc2)cc1. The van der Waals surface area contributed by atoms with Crippen molar-refractivity contribution in [1.82, 2.24) is 4.90 Å². The Labute approximate surface area is 190 Å². The van der Waals surface area contributed by atoms with E-state index in [9.17, 15) is 9.59 Å². The third kappa shape index (κ3) is 6.57. The summed E-state index contributed by atoms with van der Waals surface area (Å²) in [4.78, 5) is 27.6. The summed E-state index contributed by atoms with van der Waals surface area (Å²) in [7, 11) is 1.66. The fourth-order valence-corrected chi connectivity index (χ4v) is 4.55. The van der Waals surface area contributed by atoms with Crippen LogP contribution in [-0.2, 0) is 16.0 Å². The largest absolute Gasteiger partial charge is 0.497 e. The molecule has 0 aromatic heterocycles. The molecule has 0 bridgehead atoms. The predicted molar refractivity (Wildman–Crippen MR) is 125 cm³/mol. The number of ketones is 1. The van der Waals surface area contributed by atoms with Crippen molar-refractivity contribution >= 4 is 23.3 Å². The summed E-state index contributed by atoms with van der Waals surface area (Å²) in [6.45, 7) is 5.50. The number of rotatable bonds is 8. The molecule has 3 rings (SSSR count). The van der Waals surface area contributed by atoms with E-state index in [1.807, 2.05) is 41.3 Å². The lowest BCUT2D eigenvalue weighted by molar-refractivity contribution is -0.135. The van der Waals surface area contributed by atoms with Gasteiger partial charge in [0.1, 0.15) is 11.5 Å². The lowest BCUT2D eigenvalue weighted by atomic mass is 9.77. The van der Waals surface area contributed by atoms with Crippen molar-refractivity contribution in [3.8, 4) is 5.75 Å². The molecule has 0 spiro atoms. The monoisotopic (exact) mass is 441 g/mol. The summed E-state index contributed by atoms with van der Waals surface area (Å²) in [5, 5.41) is 0.669. The summed E-state index contributed by atoms with van der Waals surface area (Å²) >= 11 is 5.96. The lowest BCUT2D eigenvalue weighted by Crippen LogP contribution is -2.44. The van der Waals surface area contributed by atoms with E-state index in [0.29, 0.717) is 36.7 Å². The Bertz CT molecular complexity index is 877. The second-order valence-corrected chi connectivity index (χ2v) is 9.35. The van der Waals surface area contributed by atoms with Crippen LogP contribution in [0.5, 0.6) is 5.75 Å². The molecule has 0 N–H and O–H groups in total. The molecule has 1 aliphatic heterocycles. The first kappa shape index (κ1) is 23.3. The zero-order valence-corrected chi connectivity index (χ0v) is 19.4. The molecule has 1 amide bonds. The highest BCUT2D eigenvalue weighted by atomic mass is 35.5. The number of carbonyl (C=O) groups excluding carboxylic acids is 2. The summed E-state index contributed by atoms with van der Waals surface area (Å²) in [5.41, 5.74) is 2.18. The van der Waals surface area contributed by atoms with Crippen LogP contribution >= 0.6 is 11.6 Å². The predicted octanol–water partition coefficient (Wildman–Crippen LogP) is 5.53. The summed E-state index contributed by atoms with van der Waals surface area (Å²) in [6.07, 6.45) is 2.28. The number of likely N-dealkylation sites (tertiary alicyclic amines) is 1. The maximum Gasteiger partial charge on any atom is 0.222 e. The first-order valence-corrected chi connectivity index (χ1v) is 11.4. The molecule has 2 aromatic carbocycles. The molecule has 5 heteroatoms. The summed E-state index contributed by atoms with van der Waals surface area (Å²) in [5.74, 6) is 1.91. The number of Topliss-reactive ketones (excluding diaryl/α,β-unsaturated/α-hetero) is 1. The first-order valence-electron chi connectivity index (χ1n) is 11.0. The van der Waals surface area contributed by atoms with E-state index in [1.165, 1.54) is 5.56 Å². The Hall–Kier alpha value is -2.33. The minimum atomic E-state index is 0.109. The third-order valence-electron chi connectivity index (χ3n) is 6.02. The van der Waals surface area contributed by atoms with Crippen LogP contribution < -0.4 is 4.74 Å². The molecule has 31 heavy (non-hydrogen) atoms. The molecule has 1 aliphatic rings. The van der Waals surface area contributed by atoms with Crippen molar-refractivity contribution in [3.63, 3.8) is 0 Å². The second kappa shape index (κ2) is 10.8. The molecule has 2 aromatic rings. The molecule has 1 unspecified atom stereocenters. The normalized spacial score (nSPS) is 18.8. The molecular formula is C26H32ClNO3. The number of ether oxygens (including phenoxy) is 1. The second-order valence-electron chi connectivity index (χ2n) is 8.91. The maximum absolute atomic E-state index is 12.9. The van der Waals surface area contributed by atoms with Crippen molar-refractivity contribution in [2.45, 2.75) is 45.4 Å². The van der Waals surface area contributed by atoms with Gasteiger partial charge in [0.25, 0.3) is 0 Å². The average Bonchev–Trinajstić information content (AvgIpc) is 2.75. The van der Waals surface area contributed by atoms with Gasteiger partial charge in [0.2, 0.25) is 5.91 Å². The van der Waals surface area contributed by atoms with Crippen molar-refractivity contribution in [2.75, 3.05) is 20.2 Å². The van der Waals surface area contributed by atoms with Crippen LogP contribution in [0.25, 0.3) is 0 Å². The number of hydrogen-bond donors (Lipinski definition) is 0. The van der Waals surface area contributed by atoms with Gasteiger partial charge in [0.05, 0.1) is 7.11 Å². The van der Waals surface area contributed by atoms with Crippen LogP contribution in [0.1, 0.15) is 50.2 Å². The van der Waals surface area contributed by atoms with Gasteiger partial charge in [0.15, 0.2) is 0 Å². The van der Waals surface area contributed by atoms with Gasteiger partial charge < -0.3 is 9.64 Å². The fourth-order valence-electron chi connectivity index (χ4n) is 4.43. The number of piperidine rings is 1. The van der Waals surface area contributed by atoms with E-state index in [2.05, 4.69) is 26.0 Å². The smallest absolute Gasteiger partial charge is 0.222 e. The van der Waals surface area contributed by atoms with Crippen molar-refractivity contribution in [2.24, 2.45) is 11.8 Å². The molecule has 0 saturated carbocycles. The molecular weight excluding hydrogens is 410 g/mol. The zero-order valence-electron chi connectivity index (χ0n) is 18.6. The molecule has 0 aliphatic carbocycles. The average molecular weight is 442 g/mol. The highest BCUT2D eigenvalue weighted by Gasteiger charge is 2.33. The number of halogens is 1. The molecule has 0 radical (unpaired) electrons. The number of carbonyl (C=O) groups is 2.